The molecule has 8 nitrogen and oxygen atoms in total. The fourth-order valence-corrected chi connectivity index (χ4v) is 1.70. The van der Waals surface area contributed by atoms with Crippen LogP contribution < -0.4 is 10.6 Å². The number of nitrogens with zero attached hydrogens (tertiary/aromatic N) is 2. The molecule has 0 aliphatic carbocycles. The maximum absolute atomic E-state index is 11.8. The standard InChI is InChI=1S/C13H14N4O4/c1-8-15-11(17-21-8)7-14-13(20)16-10-5-3-2-4-9(10)6-12(18)19/h2-5H,6-7H2,1H3,(H,18,19)(H2,14,16,20). The van der Waals surface area contributed by atoms with E-state index in [1.165, 1.54) is 0 Å². The van der Waals surface area contributed by atoms with Gasteiger partial charge in [0, 0.05) is 12.6 Å². The highest BCUT2D eigenvalue weighted by Crippen LogP contribution is 2.15. The number of hydrogen-bond donors (Lipinski definition) is 3. The molecule has 1 aromatic carbocycles. The van der Waals surface area contributed by atoms with Gasteiger partial charge in [-0.3, -0.25) is 4.79 Å². The lowest BCUT2D eigenvalue weighted by molar-refractivity contribution is -0.136. The van der Waals surface area contributed by atoms with Crippen LogP contribution in [0.2, 0.25) is 0 Å². The number of carbonyl (C=O) groups is 2. The predicted octanol–water partition coefficient (Wildman–Crippen LogP) is 1.33. The molecule has 0 aliphatic rings. The van der Waals surface area contributed by atoms with E-state index in [4.69, 9.17) is 9.63 Å². The van der Waals surface area contributed by atoms with Gasteiger partial charge in [0.05, 0.1) is 13.0 Å². The topological polar surface area (TPSA) is 117 Å². The number of amides is 2. The number of benzene rings is 1. The molecule has 2 rings (SSSR count). The lowest BCUT2D eigenvalue weighted by atomic mass is 10.1. The molecule has 1 aromatic heterocycles. The molecule has 3 N–H and O–H groups in total. The van der Waals surface area contributed by atoms with Crippen molar-refractivity contribution < 1.29 is 19.2 Å². The van der Waals surface area contributed by atoms with Crippen LogP contribution in [0.15, 0.2) is 28.8 Å². The van der Waals surface area contributed by atoms with Gasteiger partial charge in [-0.2, -0.15) is 4.98 Å². The average Bonchev–Trinajstić information content (AvgIpc) is 2.84. The molecule has 2 aromatic rings. The van der Waals surface area contributed by atoms with Crippen molar-refractivity contribution in [3.8, 4) is 0 Å². The number of hydrogen-bond acceptors (Lipinski definition) is 5. The number of aliphatic carboxylic acids is 1. The van der Waals surface area contributed by atoms with E-state index in [1.54, 1.807) is 31.2 Å². The fraction of sp³-hybridized carbons (Fsp3) is 0.231. The smallest absolute Gasteiger partial charge is 0.319 e. The van der Waals surface area contributed by atoms with Gasteiger partial charge in [-0.05, 0) is 11.6 Å². The van der Waals surface area contributed by atoms with Gasteiger partial charge in [-0.25, -0.2) is 4.79 Å². The molecule has 2 amide bonds. The Hall–Kier alpha value is -2.90. The number of carbonyl (C=O) groups excluding carboxylic acids is 1. The Labute approximate surface area is 120 Å². The van der Waals surface area contributed by atoms with Gasteiger partial charge in [-0.15, -0.1) is 0 Å². The third kappa shape index (κ3) is 4.30. The first kappa shape index (κ1) is 14.5. The van der Waals surface area contributed by atoms with Crippen molar-refractivity contribution in [2.24, 2.45) is 0 Å². The van der Waals surface area contributed by atoms with Crippen molar-refractivity contribution in [3.05, 3.63) is 41.5 Å². The summed E-state index contributed by atoms with van der Waals surface area (Å²) in [6.07, 6.45) is -0.166. The Bertz CT molecular complexity index is 653. The minimum atomic E-state index is -0.966. The summed E-state index contributed by atoms with van der Waals surface area (Å²) < 4.78 is 4.78. The van der Waals surface area contributed by atoms with E-state index in [0.29, 0.717) is 23.0 Å². The second kappa shape index (κ2) is 6.51. The number of carboxylic acids is 1. The molecule has 0 unspecified atom stereocenters. The van der Waals surface area contributed by atoms with Crippen molar-refractivity contribution in [3.63, 3.8) is 0 Å². The average molecular weight is 290 g/mol. The highest BCUT2D eigenvalue weighted by atomic mass is 16.5. The van der Waals surface area contributed by atoms with E-state index in [1.807, 2.05) is 0 Å². The van der Waals surface area contributed by atoms with Gasteiger partial charge in [0.25, 0.3) is 0 Å². The molecule has 21 heavy (non-hydrogen) atoms. The molecular weight excluding hydrogens is 276 g/mol. The van der Waals surface area contributed by atoms with Crippen LogP contribution in [0.3, 0.4) is 0 Å². The summed E-state index contributed by atoms with van der Waals surface area (Å²) in [6, 6.07) is 6.23. The third-order valence-corrected chi connectivity index (χ3v) is 2.58. The normalized spacial score (nSPS) is 10.1. The zero-order valence-electron chi connectivity index (χ0n) is 11.3. The third-order valence-electron chi connectivity index (χ3n) is 2.58. The lowest BCUT2D eigenvalue weighted by Gasteiger charge is -2.10. The first-order chi connectivity index (χ1) is 10.0. The van der Waals surface area contributed by atoms with Gasteiger partial charge in [0.1, 0.15) is 0 Å². The summed E-state index contributed by atoms with van der Waals surface area (Å²) in [7, 11) is 0. The number of carboxylic acid groups (broad SMARTS) is 1. The van der Waals surface area contributed by atoms with Crippen molar-refractivity contribution in [2.75, 3.05) is 5.32 Å². The largest absolute Gasteiger partial charge is 0.481 e. The summed E-state index contributed by atoms with van der Waals surface area (Å²) in [5.74, 6) is -0.188. The molecule has 1 heterocycles. The van der Waals surface area contributed by atoms with Crippen molar-refractivity contribution in [2.45, 2.75) is 19.9 Å². The quantitative estimate of drug-likeness (QED) is 0.764. The Morgan fingerprint density at radius 1 is 1.33 bits per heavy atom. The summed E-state index contributed by atoms with van der Waals surface area (Å²) in [5.41, 5.74) is 0.970. The fourth-order valence-electron chi connectivity index (χ4n) is 1.70. The Kier molecular flexibility index (Phi) is 4.50. The van der Waals surface area contributed by atoms with E-state index < -0.39 is 12.0 Å². The molecule has 0 saturated carbocycles. The number of nitrogens with one attached hydrogen (secondary N) is 2. The van der Waals surface area contributed by atoms with Crippen molar-refractivity contribution in [1.29, 1.82) is 0 Å². The Morgan fingerprint density at radius 3 is 2.76 bits per heavy atom. The van der Waals surface area contributed by atoms with Crippen LogP contribution in [-0.4, -0.2) is 27.2 Å². The predicted molar refractivity (Wildman–Crippen MR) is 72.7 cm³/mol. The van der Waals surface area contributed by atoms with E-state index in [2.05, 4.69) is 20.8 Å². The minimum absolute atomic E-state index is 0.115. The summed E-state index contributed by atoms with van der Waals surface area (Å²) in [6.45, 7) is 1.77. The van der Waals surface area contributed by atoms with Gasteiger partial charge >= 0.3 is 12.0 Å². The number of anilines is 1. The number of rotatable bonds is 5. The first-order valence-corrected chi connectivity index (χ1v) is 6.18. The van der Waals surface area contributed by atoms with E-state index in [0.717, 1.165) is 0 Å². The van der Waals surface area contributed by atoms with E-state index >= 15 is 0 Å². The molecule has 110 valence electrons. The number of urea groups is 1. The van der Waals surface area contributed by atoms with E-state index in [-0.39, 0.29) is 13.0 Å². The molecule has 0 bridgehead atoms. The summed E-state index contributed by atoms with van der Waals surface area (Å²) in [4.78, 5) is 26.5. The number of aromatic nitrogens is 2. The van der Waals surface area contributed by atoms with Crippen LogP contribution in [0.25, 0.3) is 0 Å². The highest BCUT2D eigenvalue weighted by Gasteiger charge is 2.10. The molecule has 0 atom stereocenters. The van der Waals surface area contributed by atoms with Crippen LogP contribution in [-0.2, 0) is 17.8 Å². The van der Waals surface area contributed by atoms with Crippen molar-refractivity contribution in [1.82, 2.24) is 15.5 Å². The molecule has 0 spiro atoms. The van der Waals surface area contributed by atoms with Gasteiger partial charge in [0.15, 0.2) is 5.82 Å². The second-order valence-electron chi connectivity index (χ2n) is 4.26. The summed E-state index contributed by atoms with van der Waals surface area (Å²) >= 11 is 0. The van der Waals surface area contributed by atoms with Crippen LogP contribution >= 0.6 is 0 Å². The maximum Gasteiger partial charge on any atom is 0.319 e. The Morgan fingerprint density at radius 2 is 2.10 bits per heavy atom. The molecule has 0 saturated heterocycles. The van der Waals surface area contributed by atoms with Crippen molar-refractivity contribution >= 4 is 17.7 Å². The van der Waals surface area contributed by atoms with Crippen LogP contribution in [0, 0.1) is 6.92 Å². The minimum Gasteiger partial charge on any atom is -0.481 e. The lowest BCUT2D eigenvalue weighted by Crippen LogP contribution is -2.29. The zero-order valence-corrected chi connectivity index (χ0v) is 11.3. The molecule has 0 aliphatic heterocycles. The second-order valence-corrected chi connectivity index (χ2v) is 4.26. The monoisotopic (exact) mass is 290 g/mol. The summed E-state index contributed by atoms with van der Waals surface area (Å²) in [5, 5.41) is 17.6. The molecule has 0 radical (unpaired) electrons. The maximum atomic E-state index is 11.8. The Balaban J connectivity index is 1.94. The van der Waals surface area contributed by atoms with Crippen LogP contribution in [0.5, 0.6) is 0 Å². The molecular formula is C13H14N4O4. The number of para-hydroxylation sites is 1. The SMILES string of the molecule is Cc1nc(CNC(=O)Nc2ccccc2CC(=O)O)no1. The van der Waals surface area contributed by atoms with E-state index in [9.17, 15) is 9.59 Å². The van der Waals surface area contributed by atoms with Gasteiger partial charge in [0.2, 0.25) is 5.89 Å². The van der Waals surface area contributed by atoms with Crippen LogP contribution in [0.1, 0.15) is 17.3 Å². The molecule has 0 fully saturated rings. The zero-order chi connectivity index (χ0) is 15.2. The first-order valence-electron chi connectivity index (χ1n) is 6.18. The van der Waals surface area contributed by atoms with Crippen LogP contribution in [0.4, 0.5) is 10.5 Å². The molecule has 8 heteroatoms. The highest BCUT2D eigenvalue weighted by molar-refractivity contribution is 5.90. The van der Waals surface area contributed by atoms with Gasteiger partial charge < -0.3 is 20.3 Å². The number of aryl methyl sites for hydroxylation is 1. The van der Waals surface area contributed by atoms with Gasteiger partial charge in [-0.1, -0.05) is 23.4 Å².